The molecule has 0 heterocycles. The van der Waals surface area contributed by atoms with Crippen LogP contribution in [0.4, 0.5) is 0 Å². The van der Waals surface area contributed by atoms with Crippen molar-refractivity contribution in [3.05, 3.63) is 35.4 Å². The van der Waals surface area contributed by atoms with Crippen LogP contribution >= 0.6 is 0 Å². The number of rotatable bonds is 6. The predicted molar refractivity (Wildman–Crippen MR) is 66.8 cm³/mol. The second-order valence-electron chi connectivity index (χ2n) is 4.55. The van der Waals surface area contributed by atoms with Crippen molar-refractivity contribution < 1.29 is 18.3 Å². The van der Waals surface area contributed by atoms with Crippen LogP contribution in [0.5, 0.6) is 0 Å². The molecule has 0 saturated heterocycles. The third-order valence-corrected chi connectivity index (χ3v) is 4.32. The number of carboxylic acids is 1. The minimum absolute atomic E-state index is 0.135. The third kappa shape index (κ3) is 3.82. The van der Waals surface area contributed by atoms with Crippen molar-refractivity contribution in [3.8, 4) is 0 Å². The minimum Gasteiger partial charge on any atom is -0.478 e. The van der Waals surface area contributed by atoms with E-state index in [0.717, 1.165) is 12.8 Å². The molecular weight excluding hydrogens is 254 g/mol. The molecule has 2 rings (SSSR count). The molecule has 0 unspecified atom stereocenters. The summed E-state index contributed by atoms with van der Waals surface area (Å²) in [5.41, 5.74) is 0.808. The van der Waals surface area contributed by atoms with E-state index in [1.807, 2.05) is 0 Å². The van der Waals surface area contributed by atoms with Gasteiger partial charge in [-0.25, -0.2) is 17.9 Å². The van der Waals surface area contributed by atoms with Gasteiger partial charge >= 0.3 is 5.97 Å². The van der Waals surface area contributed by atoms with Gasteiger partial charge < -0.3 is 5.11 Å². The maximum atomic E-state index is 11.6. The number of sulfonamides is 1. The molecule has 1 aromatic rings. The van der Waals surface area contributed by atoms with E-state index in [0.29, 0.717) is 11.5 Å². The van der Waals surface area contributed by atoms with Crippen LogP contribution in [0, 0.1) is 5.92 Å². The van der Waals surface area contributed by atoms with Crippen LogP contribution in [-0.4, -0.2) is 25.2 Å². The smallest absolute Gasteiger partial charge is 0.335 e. The molecule has 5 nitrogen and oxygen atoms in total. The fourth-order valence-electron chi connectivity index (χ4n) is 1.66. The lowest BCUT2D eigenvalue weighted by molar-refractivity contribution is 0.0696. The van der Waals surface area contributed by atoms with Crippen LogP contribution in [0.3, 0.4) is 0 Å². The summed E-state index contributed by atoms with van der Waals surface area (Å²) in [4.78, 5) is 10.8. The second kappa shape index (κ2) is 5.07. The number of carboxylic acid groups (broad SMARTS) is 1. The molecular formula is C12H15NO4S. The number of benzene rings is 1. The molecule has 1 aliphatic rings. The zero-order chi connectivity index (χ0) is 13.2. The van der Waals surface area contributed by atoms with Crippen molar-refractivity contribution in [1.29, 1.82) is 0 Å². The largest absolute Gasteiger partial charge is 0.478 e. The van der Waals surface area contributed by atoms with Gasteiger partial charge in [0.1, 0.15) is 0 Å². The topological polar surface area (TPSA) is 83.5 Å². The Bertz CT molecular complexity index is 549. The summed E-state index contributed by atoms with van der Waals surface area (Å²) >= 11 is 0. The molecule has 0 aliphatic heterocycles. The Morgan fingerprint density at radius 2 is 2.11 bits per heavy atom. The molecule has 0 aromatic heterocycles. The molecule has 1 saturated carbocycles. The second-order valence-corrected chi connectivity index (χ2v) is 6.40. The first-order valence-corrected chi connectivity index (χ1v) is 7.41. The van der Waals surface area contributed by atoms with Crippen LogP contribution in [0.15, 0.2) is 24.3 Å². The lowest BCUT2D eigenvalue weighted by Crippen LogP contribution is -2.26. The number of nitrogens with one attached hydrogen (secondary N) is 1. The normalized spacial score (nSPS) is 15.6. The van der Waals surface area contributed by atoms with E-state index in [9.17, 15) is 13.2 Å². The molecule has 0 spiro atoms. The standard InChI is InChI=1S/C12H15NO4S/c14-12(15)11-3-1-2-10(6-11)7-13-18(16,17)8-9-4-5-9/h1-3,6,9,13H,4-5,7-8H2,(H,14,15). The molecule has 18 heavy (non-hydrogen) atoms. The average molecular weight is 269 g/mol. The summed E-state index contributed by atoms with van der Waals surface area (Å²) in [6.45, 7) is 0.135. The summed E-state index contributed by atoms with van der Waals surface area (Å²) in [7, 11) is -3.25. The number of hydrogen-bond donors (Lipinski definition) is 2. The fraction of sp³-hybridized carbons (Fsp3) is 0.417. The molecule has 1 aliphatic carbocycles. The molecule has 98 valence electrons. The van der Waals surface area contributed by atoms with E-state index < -0.39 is 16.0 Å². The van der Waals surface area contributed by atoms with Gasteiger partial charge in [-0.3, -0.25) is 0 Å². The Kier molecular flexibility index (Phi) is 3.68. The summed E-state index contributed by atoms with van der Waals surface area (Å²) in [5.74, 6) is -0.545. The highest BCUT2D eigenvalue weighted by atomic mass is 32.2. The minimum atomic E-state index is -3.25. The highest BCUT2D eigenvalue weighted by Gasteiger charge is 2.27. The molecule has 6 heteroatoms. The van der Waals surface area contributed by atoms with Gasteiger partial charge in [0.05, 0.1) is 11.3 Å². The van der Waals surface area contributed by atoms with Crippen molar-refractivity contribution in [1.82, 2.24) is 4.72 Å². The van der Waals surface area contributed by atoms with Crippen molar-refractivity contribution in [2.24, 2.45) is 5.92 Å². The fourth-order valence-corrected chi connectivity index (χ4v) is 3.12. The van der Waals surface area contributed by atoms with Crippen molar-refractivity contribution in [3.63, 3.8) is 0 Å². The first kappa shape index (κ1) is 13.0. The quantitative estimate of drug-likeness (QED) is 0.813. The number of carbonyl (C=O) groups is 1. The van der Waals surface area contributed by atoms with E-state index in [1.54, 1.807) is 12.1 Å². The van der Waals surface area contributed by atoms with Gasteiger partial charge in [-0.15, -0.1) is 0 Å². The summed E-state index contributed by atoms with van der Waals surface area (Å²) in [6, 6.07) is 6.26. The SMILES string of the molecule is O=C(O)c1cccc(CNS(=O)(=O)CC2CC2)c1. The monoisotopic (exact) mass is 269 g/mol. The Balaban J connectivity index is 1.96. The lowest BCUT2D eigenvalue weighted by Gasteiger charge is -2.06. The van der Waals surface area contributed by atoms with Gasteiger partial charge in [-0.1, -0.05) is 12.1 Å². The summed E-state index contributed by atoms with van der Waals surface area (Å²) < 4.78 is 25.8. The maximum Gasteiger partial charge on any atom is 0.335 e. The van der Waals surface area contributed by atoms with Crippen LogP contribution < -0.4 is 4.72 Å². The Labute approximate surface area is 106 Å². The Morgan fingerprint density at radius 1 is 1.39 bits per heavy atom. The van der Waals surface area contributed by atoms with Gasteiger partial charge in [0.15, 0.2) is 0 Å². The zero-order valence-corrected chi connectivity index (χ0v) is 10.6. The number of hydrogen-bond acceptors (Lipinski definition) is 3. The Morgan fingerprint density at radius 3 is 2.72 bits per heavy atom. The van der Waals surface area contributed by atoms with E-state index >= 15 is 0 Å². The zero-order valence-electron chi connectivity index (χ0n) is 9.80. The molecule has 2 N–H and O–H groups in total. The molecule has 1 fully saturated rings. The predicted octanol–water partition coefficient (Wildman–Crippen LogP) is 1.21. The van der Waals surface area contributed by atoms with Gasteiger partial charge in [-0.05, 0) is 36.5 Å². The first-order valence-electron chi connectivity index (χ1n) is 5.76. The van der Waals surface area contributed by atoms with Crippen LogP contribution in [-0.2, 0) is 16.6 Å². The van der Waals surface area contributed by atoms with Crippen LogP contribution in [0.1, 0.15) is 28.8 Å². The number of aromatic carboxylic acids is 1. The Hall–Kier alpha value is -1.40. The first-order chi connectivity index (χ1) is 8.46. The lowest BCUT2D eigenvalue weighted by atomic mass is 10.1. The molecule has 1 aromatic carbocycles. The van der Waals surface area contributed by atoms with Crippen molar-refractivity contribution >= 4 is 16.0 Å². The average Bonchev–Trinajstić information content (AvgIpc) is 3.10. The van der Waals surface area contributed by atoms with Crippen LogP contribution in [0.2, 0.25) is 0 Å². The van der Waals surface area contributed by atoms with Crippen molar-refractivity contribution in [2.45, 2.75) is 19.4 Å². The summed E-state index contributed by atoms with van der Waals surface area (Å²) in [6.07, 6.45) is 1.96. The summed E-state index contributed by atoms with van der Waals surface area (Å²) in [5, 5.41) is 8.83. The molecule has 0 bridgehead atoms. The maximum absolute atomic E-state index is 11.6. The van der Waals surface area contributed by atoms with E-state index in [-0.39, 0.29) is 17.9 Å². The van der Waals surface area contributed by atoms with Crippen molar-refractivity contribution in [2.75, 3.05) is 5.75 Å². The van der Waals surface area contributed by atoms with E-state index in [1.165, 1.54) is 12.1 Å². The molecule has 0 atom stereocenters. The van der Waals surface area contributed by atoms with Crippen LogP contribution in [0.25, 0.3) is 0 Å². The van der Waals surface area contributed by atoms with E-state index in [2.05, 4.69) is 4.72 Å². The van der Waals surface area contributed by atoms with Gasteiger partial charge in [0.25, 0.3) is 0 Å². The molecule has 0 amide bonds. The van der Waals surface area contributed by atoms with Gasteiger partial charge in [-0.2, -0.15) is 0 Å². The highest BCUT2D eigenvalue weighted by molar-refractivity contribution is 7.89. The molecule has 0 radical (unpaired) electrons. The highest BCUT2D eigenvalue weighted by Crippen LogP contribution is 2.29. The van der Waals surface area contributed by atoms with E-state index in [4.69, 9.17) is 5.11 Å². The van der Waals surface area contributed by atoms with Gasteiger partial charge in [0.2, 0.25) is 10.0 Å². The third-order valence-electron chi connectivity index (χ3n) is 2.82. The van der Waals surface area contributed by atoms with Gasteiger partial charge in [0, 0.05) is 6.54 Å².